The summed E-state index contributed by atoms with van der Waals surface area (Å²) in [6, 6.07) is 2.55. The Morgan fingerprint density at radius 3 is 2.63 bits per heavy atom. The van der Waals surface area contributed by atoms with E-state index in [2.05, 4.69) is 15.1 Å². The van der Waals surface area contributed by atoms with E-state index >= 15 is 0 Å². The Balaban J connectivity index is 2.57. The van der Waals surface area contributed by atoms with Gasteiger partial charge in [0.05, 0.1) is 17.1 Å². The molecule has 0 atom stereocenters. The number of nitrogen functional groups attached to an aromatic ring is 1. The molecule has 2 aromatic rings. The van der Waals surface area contributed by atoms with E-state index in [-0.39, 0.29) is 11.5 Å². The van der Waals surface area contributed by atoms with E-state index in [0.717, 1.165) is 0 Å². The summed E-state index contributed by atoms with van der Waals surface area (Å²) in [6.45, 7) is 3.87. The van der Waals surface area contributed by atoms with Crippen molar-refractivity contribution in [2.75, 3.05) is 5.73 Å². The molecule has 0 spiro atoms. The predicted octanol–water partition coefficient (Wildman–Crippen LogP) is 1.28. The van der Waals surface area contributed by atoms with Gasteiger partial charge in [0.2, 0.25) is 0 Å². The highest BCUT2D eigenvalue weighted by atomic mass is 16.6. The van der Waals surface area contributed by atoms with Gasteiger partial charge in [-0.2, -0.15) is 4.68 Å². The Labute approximate surface area is 109 Å². The summed E-state index contributed by atoms with van der Waals surface area (Å²) in [5.41, 5.74) is 5.48. The van der Waals surface area contributed by atoms with E-state index in [9.17, 15) is 10.1 Å². The van der Waals surface area contributed by atoms with Crippen molar-refractivity contribution in [1.29, 1.82) is 0 Å². The molecule has 2 rings (SSSR count). The number of pyridine rings is 1. The number of nitrogens with zero attached hydrogens (tertiary/aromatic N) is 5. The number of aryl methyl sites for hydroxylation is 2. The average molecular weight is 262 g/mol. The highest BCUT2D eigenvalue weighted by Crippen LogP contribution is 2.19. The van der Waals surface area contributed by atoms with Crippen LogP contribution in [0.15, 0.2) is 12.1 Å². The van der Waals surface area contributed by atoms with E-state index in [1.165, 1.54) is 16.8 Å². The molecule has 0 unspecified atom stereocenters. The lowest BCUT2D eigenvalue weighted by molar-refractivity contribution is -0.384. The molecule has 0 saturated carbocycles. The number of nitro groups is 1. The molecule has 0 bridgehead atoms. The lowest BCUT2D eigenvalue weighted by atomic mass is 10.3. The standard InChI is InChI=1S/C11H14N6O2/c1-3-9-14-10(4-2)16(15-9)11-6-7(17(18)19)5-8(12)13-11/h5-6H,3-4H2,1-2H3,(H2,12,13). The maximum Gasteiger partial charge on any atom is 0.276 e. The smallest absolute Gasteiger partial charge is 0.276 e. The van der Waals surface area contributed by atoms with Gasteiger partial charge in [-0.3, -0.25) is 10.1 Å². The SMILES string of the molecule is CCc1nc(CC)n(-c2cc([N+](=O)[O-])cc(N)n2)n1. The second kappa shape index (κ2) is 5.01. The molecule has 0 aromatic carbocycles. The molecule has 2 aromatic heterocycles. The van der Waals surface area contributed by atoms with Gasteiger partial charge in [0, 0.05) is 12.8 Å². The minimum Gasteiger partial charge on any atom is -0.383 e. The van der Waals surface area contributed by atoms with Crippen LogP contribution in [0.25, 0.3) is 5.82 Å². The van der Waals surface area contributed by atoms with Crippen molar-refractivity contribution in [2.45, 2.75) is 26.7 Å². The van der Waals surface area contributed by atoms with Crippen LogP contribution in [0.3, 0.4) is 0 Å². The summed E-state index contributed by atoms with van der Waals surface area (Å²) in [5, 5.41) is 15.1. The van der Waals surface area contributed by atoms with Crippen LogP contribution >= 0.6 is 0 Å². The van der Waals surface area contributed by atoms with Crippen molar-refractivity contribution >= 4 is 11.5 Å². The van der Waals surface area contributed by atoms with Crippen LogP contribution in [0.1, 0.15) is 25.5 Å². The molecule has 2 heterocycles. The summed E-state index contributed by atoms with van der Waals surface area (Å²) in [5.74, 6) is 1.77. The molecule has 19 heavy (non-hydrogen) atoms. The van der Waals surface area contributed by atoms with Crippen LogP contribution in [-0.2, 0) is 12.8 Å². The number of aromatic nitrogens is 4. The summed E-state index contributed by atoms with van der Waals surface area (Å²) in [4.78, 5) is 18.7. The average Bonchev–Trinajstić information content (AvgIpc) is 2.81. The van der Waals surface area contributed by atoms with E-state index < -0.39 is 4.92 Å². The number of rotatable bonds is 4. The normalized spacial score (nSPS) is 10.6. The fourth-order valence-corrected chi connectivity index (χ4v) is 1.69. The zero-order chi connectivity index (χ0) is 14.0. The maximum absolute atomic E-state index is 10.8. The fraction of sp³-hybridized carbons (Fsp3) is 0.364. The molecular formula is C11H14N6O2. The van der Waals surface area contributed by atoms with Gasteiger partial charge in [-0.1, -0.05) is 13.8 Å². The van der Waals surface area contributed by atoms with E-state index in [0.29, 0.717) is 30.3 Å². The molecule has 0 radical (unpaired) electrons. The zero-order valence-corrected chi connectivity index (χ0v) is 10.7. The molecule has 0 aliphatic rings. The summed E-state index contributed by atoms with van der Waals surface area (Å²) >= 11 is 0. The van der Waals surface area contributed by atoms with Gasteiger partial charge in [0.15, 0.2) is 11.6 Å². The topological polar surface area (TPSA) is 113 Å². The van der Waals surface area contributed by atoms with Crippen LogP contribution in [0.4, 0.5) is 11.5 Å². The second-order valence-electron chi connectivity index (χ2n) is 3.93. The van der Waals surface area contributed by atoms with Gasteiger partial charge in [-0.05, 0) is 0 Å². The van der Waals surface area contributed by atoms with Crippen molar-refractivity contribution < 1.29 is 4.92 Å². The van der Waals surface area contributed by atoms with Crippen molar-refractivity contribution in [1.82, 2.24) is 19.7 Å². The molecule has 2 N–H and O–H groups in total. The largest absolute Gasteiger partial charge is 0.383 e. The highest BCUT2D eigenvalue weighted by Gasteiger charge is 2.15. The number of hydrogen-bond donors (Lipinski definition) is 1. The monoisotopic (exact) mass is 262 g/mol. The van der Waals surface area contributed by atoms with E-state index in [1.54, 1.807) is 0 Å². The van der Waals surface area contributed by atoms with Crippen molar-refractivity contribution in [3.8, 4) is 5.82 Å². The second-order valence-corrected chi connectivity index (χ2v) is 3.93. The van der Waals surface area contributed by atoms with Gasteiger partial charge < -0.3 is 5.73 Å². The molecule has 0 aliphatic heterocycles. The molecule has 0 fully saturated rings. The lowest BCUT2D eigenvalue weighted by Gasteiger charge is -2.04. The van der Waals surface area contributed by atoms with Crippen LogP contribution in [0.5, 0.6) is 0 Å². The third-order valence-electron chi connectivity index (χ3n) is 2.59. The van der Waals surface area contributed by atoms with Gasteiger partial charge in [0.25, 0.3) is 5.69 Å². The third-order valence-corrected chi connectivity index (χ3v) is 2.59. The van der Waals surface area contributed by atoms with Gasteiger partial charge in [-0.15, -0.1) is 5.10 Å². The first kappa shape index (κ1) is 12.9. The molecule has 8 heteroatoms. The summed E-state index contributed by atoms with van der Waals surface area (Å²) in [6.07, 6.45) is 1.34. The number of anilines is 1. The maximum atomic E-state index is 10.8. The Morgan fingerprint density at radius 2 is 2.05 bits per heavy atom. The van der Waals surface area contributed by atoms with Gasteiger partial charge >= 0.3 is 0 Å². The fourth-order valence-electron chi connectivity index (χ4n) is 1.69. The van der Waals surface area contributed by atoms with Crippen LogP contribution in [0, 0.1) is 10.1 Å². The first-order valence-corrected chi connectivity index (χ1v) is 5.92. The molecule has 0 amide bonds. The summed E-state index contributed by atoms with van der Waals surface area (Å²) < 4.78 is 1.50. The van der Waals surface area contributed by atoms with Gasteiger partial charge in [-0.25, -0.2) is 9.97 Å². The predicted molar refractivity (Wildman–Crippen MR) is 69.0 cm³/mol. The number of nitrogens with two attached hydrogens (primary N) is 1. The Kier molecular flexibility index (Phi) is 3.41. The van der Waals surface area contributed by atoms with Crippen molar-refractivity contribution in [3.05, 3.63) is 33.9 Å². The Hall–Kier alpha value is -2.51. The van der Waals surface area contributed by atoms with Crippen molar-refractivity contribution in [2.24, 2.45) is 0 Å². The van der Waals surface area contributed by atoms with Crippen molar-refractivity contribution in [3.63, 3.8) is 0 Å². The van der Waals surface area contributed by atoms with E-state index in [4.69, 9.17) is 5.73 Å². The third kappa shape index (κ3) is 2.51. The molecule has 100 valence electrons. The minimum absolute atomic E-state index is 0.0831. The molecule has 0 aliphatic carbocycles. The molecule has 8 nitrogen and oxygen atoms in total. The quantitative estimate of drug-likeness (QED) is 0.655. The first-order chi connectivity index (χ1) is 9.05. The van der Waals surface area contributed by atoms with E-state index in [1.807, 2.05) is 13.8 Å². The highest BCUT2D eigenvalue weighted by molar-refractivity contribution is 5.47. The van der Waals surface area contributed by atoms with Crippen LogP contribution in [0.2, 0.25) is 0 Å². The zero-order valence-electron chi connectivity index (χ0n) is 10.7. The Bertz CT molecular complexity index is 622. The molecular weight excluding hydrogens is 248 g/mol. The van der Waals surface area contributed by atoms with Crippen LogP contribution < -0.4 is 5.73 Å². The number of hydrogen-bond acceptors (Lipinski definition) is 6. The summed E-state index contributed by atoms with van der Waals surface area (Å²) in [7, 11) is 0. The first-order valence-electron chi connectivity index (χ1n) is 5.92. The molecule has 0 saturated heterocycles. The Morgan fingerprint density at radius 1 is 1.32 bits per heavy atom. The lowest BCUT2D eigenvalue weighted by Crippen LogP contribution is -2.07. The van der Waals surface area contributed by atoms with Gasteiger partial charge in [0.1, 0.15) is 11.6 Å². The minimum atomic E-state index is -0.509. The van der Waals surface area contributed by atoms with Crippen LogP contribution in [-0.4, -0.2) is 24.7 Å².